The maximum absolute atomic E-state index is 12.6. The summed E-state index contributed by atoms with van der Waals surface area (Å²) in [6.45, 7) is 2.51. The molecule has 2 aromatic heterocycles. The van der Waals surface area contributed by atoms with E-state index in [1.807, 2.05) is 24.3 Å². The first-order valence-corrected chi connectivity index (χ1v) is 9.50. The number of nitrogens with one attached hydrogen (secondary N) is 1. The van der Waals surface area contributed by atoms with Gasteiger partial charge < -0.3 is 14.2 Å². The van der Waals surface area contributed by atoms with E-state index in [0.29, 0.717) is 23.1 Å². The number of hydrogen-bond acceptors (Lipinski definition) is 4. The second-order valence-corrected chi connectivity index (χ2v) is 7.09. The average molecular weight is 385 g/mol. The van der Waals surface area contributed by atoms with Crippen molar-refractivity contribution in [3.05, 3.63) is 71.3 Å². The van der Waals surface area contributed by atoms with Crippen molar-refractivity contribution in [3.8, 4) is 11.3 Å². The van der Waals surface area contributed by atoms with Gasteiger partial charge in [0.1, 0.15) is 11.5 Å². The Labute approximate surface area is 162 Å². The van der Waals surface area contributed by atoms with E-state index in [2.05, 4.69) is 10.2 Å². The molecular formula is C21H21ClN2O3. The van der Waals surface area contributed by atoms with Gasteiger partial charge in [-0.05, 0) is 74.5 Å². The standard InChI is InChI=1S/C21H21ClN2O3/c22-16-7-5-15(6-8-16)18-9-10-20(27-18)21(25)23-14-17(19-4-3-13-26-19)24-11-1-2-12-24/h3-10,13,17H,1-2,11-12,14H2,(H,23,25)/t17-/m0/s1. The Hall–Kier alpha value is -2.50. The highest BCUT2D eigenvalue weighted by molar-refractivity contribution is 6.30. The van der Waals surface area contributed by atoms with Crippen molar-refractivity contribution in [1.29, 1.82) is 0 Å². The summed E-state index contributed by atoms with van der Waals surface area (Å²) in [5, 5.41) is 3.64. The number of carbonyl (C=O) groups excluding carboxylic acids is 1. The van der Waals surface area contributed by atoms with Gasteiger partial charge in [-0.15, -0.1) is 0 Å². The molecule has 0 bridgehead atoms. The number of carbonyl (C=O) groups is 1. The third kappa shape index (κ3) is 4.10. The second-order valence-electron chi connectivity index (χ2n) is 6.66. The Bertz CT molecular complexity index is 881. The molecule has 4 rings (SSSR count). The van der Waals surface area contributed by atoms with Gasteiger partial charge in [0.2, 0.25) is 0 Å². The van der Waals surface area contributed by atoms with E-state index in [1.54, 1.807) is 30.5 Å². The van der Waals surface area contributed by atoms with Crippen molar-refractivity contribution in [3.63, 3.8) is 0 Å². The van der Waals surface area contributed by atoms with Gasteiger partial charge in [0.25, 0.3) is 5.91 Å². The fourth-order valence-electron chi connectivity index (χ4n) is 3.45. The molecule has 1 saturated heterocycles. The number of benzene rings is 1. The molecule has 6 heteroatoms. The quantitative estimate of drug-likeness (QED) is 0.665. The Morgan fingerprint density at radius 2 is 1.89 bits per heavy atom. The summed E-state index contributed by atoms with van der Waals surface area (Å²) < 4.78 is 11.3. The van der Waals surface area contributed by atoms with Gasteiger partial charge in [0, 0.05) is 17.1 Å². The molecule has 5 nitrogen and oxygen atoms in total. The molecule has 1 aliphatic heterocycles. The Kier molecular flexibility index (Phi) is 5.32. The zero-order valence-electron chi connectivity index (χ0n) is 14.9. The van der Waals surface area contributed by atoms with Gasteiger partial charge in [-0.25, -0.2) is 0 Å². The Morgan fingerprint density at radius 1 is 1.11 bits per heavy atom. The number of nitrogens with zero attached hydrogens (tertiary/aromatic N) is 1. The molecule has 1 aromatic carbocycles. The van der Waals surface area contributed by atoms with Crippen LogP contribution >= 0.6 is 11.6 Å². The summed E-state index contributed by atoms with van der Waals surface area (Å²) >= 11 is 5.92. The number of halogens is 1. The zero-order chi connectivity index (χ0) is 18.6. The predicted molar refractivity (Wildman–Crippen MR) is 104 cm³/mol. The first-order chi connectivity index (χ1) is 13.2. The molecule has 140 valence electrons. The number of hydrogen-bond donors (Lipinski definition) is 1. The van der Waals surface area contributed by atoms with Crippen LogP contribution in [0.4, 0.5) is 0 Å². The molecular weight excluding hydrogens is 364 g/mol. The van der Waals surface area contributed by atoms with E-state index in [1.165, 1.54) is 12.8 Å². The van der Waals surface area contributed by atoms with Gasteiger partial charge >= 0.3 is 0 Å². The number of rotatable bonds is 6. The van der Waals surface area contributed by atoms with E-state index in [9.17, 15) is 4.79 Å². The SMILES string of the molecule is O=C(NC[C@@H](c1ccco1)N1CCCC1)c1ccc(-c2ccc(Cl)cc2)o1. The van der Waals surface area contributed by atoms with Crippen LogP contribution < -0.4 is 5.32 Å². The van der Waals surface area contributed by atoms with Crippen LogP contribution in [-0.2, 0) is 0 Å². The number of likely N-dealkylation sites (tertiary alicyclic amines) is 1. The normalized spacial score (nSPS) is 15.7. The monoisotopic (exact) mass is 384 g/mol. The Balaban J connectivity index is 1.43. The maximum Gasteiger partial charge on any atom is 0.287 e. The van der Waals surface area contributed by atoms with E-state index in [4.69, 9.17) is 20.4 Å². The van der Waals surface area contributed by atoms with E-state index >= 15 is 0 Å². The highest BCUT2D eigenvalue weighted by Crippen LogP contribution is 2.26. The lowest BCUT2D eigenvalue weighted by Gasteiger charge is -2.25. The van der Waals surface area contributed by atoms with Crippen LogP contribution in [0.2, 0.25) is 5.02 Å². The van der Waals surface area contributed by atoms with E-state index < -0.39 is 0 Å². The van der Waals surface area contributed by atoms with Gasteiger partial charge in [-0.1, -0.05) is 11.6 Å². The van der Waals surface area contributed by atoms with E-state index in [0.717, 1.165) is 24.4 Å². The predicted octanol–water partition coefficient (Wildman–Crippen LogP) is 4.76. The summed E-state index contributed by atoms with van der Waals surface area (Å²) in [4.78, 5) is 14.9. The lowest BCUT2D eigenvalue weighted by Crippen LogP contribution is -2.36. The fraction of sp³-hybridized carbons (Fsp3) is 0.286. The molecule has 0 aliphatic carbocycles. The molecule has 1 N–H and O–H groups in total. The van der Waals surface area contributed by atoms with Gasteiger partial charge in [-0.2, -0.15) is 0 Å². The van der Waals surface area contributed by atoms with Gasteiger partial charge in [0.15, 0.2) is 5.76 Å². The molecule has 0 unspecified atom stereocenters. The third-order valence-electron chi connectivity index (χ3n) is 4.87. The zero-order valence-corrected chi connectivity index (χ0v) is 15.6. The minimum absolute atomic E-state index is 0.0390. The molecule has 3 heterocycles. The smallest absolute Gasteiger partial charge is 0.287 e. The molecule has 1 atom stereocenters. The van der Waals surface area contributed by atoms with Crippen LogP contribution in [0.5, 0.6) is 0 Å². The van der Waals surface area contributed by atoms with Crippen LogP contribution in [0, 0.1) is 0 Å². The van der Waals surface area contributed by atoms with Crippen LogP contribution in [-0.4, -0.2) is 30.4 Å². The van der Waals surface area contributed by atoms with Crippen molar-refractivity contribution in [2.45, 2.75) is 18.9 Å². The summed E-state index contributed by atoms with van der Waals surface area (Å²) in [5.41, 5.74) is 0.879. The molecule has 27 heavy (non-hydrogen) atoms. The first-order valence-electron chi connectivity index (χ1n) is 9.12. The molecule has 0 saturated carbocycles. The molecule has 1 fully saturated rings. The molecule has 1 aliphatic rings. The van der Waals surface area contributed by atoms with Crippen LogP contribution in [0.15, 0.2) is 63.6 Å². The van der Waals surface area contributed by atoms with Crippen LogP contribution in [0.25, 0.3) is 11.3 Å². The minimum Gasteiger partial charge on any atom is -0.468 e. The van der Waals surface area contributed by atoms with Crippen molar-refractivity contribution in [1.82, 2.24) is 10.2 Å². The maximum atomic E-state index is 12.6. The van der Waals surface area contributed by atoms with E-state index in [-0.39, 0.29) is 11.9 Å². The van der Waals surface area contributed by atoms with Crippen molar-refractivity contribution >= 4 is 17.5 Å². The average Bonchev–Trinajstić information content (AvgIpc) is 3.44. The largest absolute Gasteiger partial charge is 0.468 e. The number of furan rings is 2. The van der Waals surface area contributed by atoms with Crippen LogP contribution in [0.1, 0.15) is 35.2 Å². The summed E-state index contributed by atoms with van der Waals surface area (Å²) in [5.74, 6) is 1.57. The topological polar surface area (TPSA) is 58.6 Å². The minimum atomic E-state index is -0.231. The summed E-state index contributed by atoms with van der Waals surface area (Å²) in [6.07, 6.45) is 4.02. The van der Waals surface area contributed by atoms with Crippen molar-refractivity contribution < 1.29 is 13.6 Å². The lowest BCUT2D eigenvalue weighted by molar-refractivity contribution is 0.0907. The second kappa shape index (κ2) is 8.03. The summed E-state index contributed by atoms with van der Waals surface area (Å²) in [6, 6.07) is 14.7. The highest BCUT2D eigenvalue weighted by atomic mass is 35.5. The third-order valence-corrected chi connectivity index (χ3v) is 5.12. The molecule has 3 aromatic rings. The summed E-state index contributed by atoms with van der Waals surface area (Å²) in [7, 11) is 0. The molecule has 1 amide bonds. The van der Waals surface area contributed by atoms with Crippen molar-refractivity contribution in [2.24, 2.45) is 0 Å². The van der Waals surface area contributed by atoms with Crippen LogP contribution in [0.3, 0.4) is 0 Å². The fourth-order valence-corrected chi connectivity index (χ4v) is 3.58. The molecule has 0 radical (unpaired) electrons. The highest BCUT2D eigenvalue weighted by Gasteiger charge is 2.26. The molecule has 0 spiro atoms. The first kappa shape index (κ1) is 17.9. The van der Waals surface area contributed by atoms with Gasteiger partial charge in [-0.3, -0.25) is 9.69 Å². The van der Waals surface area contributed by atoms with Gasteiger partial charge in [0.05, 0.1) is 12.3 Å². The lowest BCUT2D eigenvalue weighted by atomic mass is 10.2. The number of amides is 1. The Morgan fingerprint density at radius 3 is 2.59 bits per heavy atom. The van der Waals surface area contributed by atoms with Crippen molar-refractivity contribution in [2.75, 3.05) is 19.6 Å².